The number of carbonyl (C=O) groups excluding carboxylic acids is 1. The normalized spacial score (nSPS) is 26.3. The highest BCUT2D eigenvalue weighted by Crippen LogP contribution is 2.27. The lowest BCUT2D eigenvalue weighted by Crippen LogP contribution is -2.47. The summed E-state index contributed by atoms with van der Waals surface area (Å²) in [6.45, 7) is 2.34. The fraction of sp³-hybridized carbons (Fsp3) is 0.533. The molecular weight excluding hydrogens is 340 g/mol. The van der Waals surface area contributed by atoms with Crippen LogP contribution in [0.4, 0.5) is 0 Å². The van der Waals surface area contributed by atoms with Crippen LogP contribution in [0.1, 0.15) is 36.0 Å². The predicted octanol–water partition coefficient (Wildman–Crippen LogP) is 3.46. The van der Waals surface area contributed by atoms with Gasteiger partial charge in [-0.2, -0.15) is 0 Å². The largest absolute Gasteiger partial charge is 0.349 e. The molecule has 108 valence electrons. The Bertz CT molecular complexity index is 523. The Kier molecular flexibility index (Phi) is 4.34. The van der Waals surface area contributed by atoms with Gasteiger partial charge in [0.25, 0.3) is 5.91 Å². The fourth-order valence-electron chi connectivity index (χ4n) is 3.29. The molecule has 0 radical (unpaired) electrons. The van der Waals surface area contributed by atoms with Gasteiger partial charge in [0, 0.05) is 28.1 Å². The third-order valence-electron chi connectivity index (χ3n) is 4.33. The van der Waals surface area contributed by atoms with Gasteiger partial charge < -0.3 is 10.2 Å². The molecule has 0 aromatic heterocycles. The van der Waals surface area contributed by atoms with Crippen molar-refractivity contribution in [1.29, 1.82) is 0 Å². The summed E-state index contributed by atoms with van der Waals surface area (Å²) in [6.07, 6.45) is 4.70. The van der Waals surface area contributed by atoms with Crippen molar-refractivity contribution in [1.82, 2.24) is 10.2 Å². The van der Waals surface area contributed by atoms with Gasteiger partial charge in [0.15, 0.2) is 0 Å². The zero-order chi connectivity index (χ0) is 14.1. The van der Waals surface area contributed by atoms with Crippen LogP contribution in [-0.2, 0) is 0 Å². The molecule has 2 heterocycles. The Hall–Kier alpha value is -0.580. The second kappa shape index (κ2) is 6.04. The van der Waals surface area contributed by atoms with E-state index in [1.54, 1.807) is 18.2 Å². The molecule has 2 fully saturated rings. The van der Waals surface area contributed by atoms with Crippen LogP contribution >= 0.6 is 27.5 Å². The van der Waals surface area contributed by atoms with Crippen molar-refractivity contribution < 1.29 is 4.79 Å². The molecule has 1 aromatic carbocycles. The maximum absolute atomic E-state index is 12.3. The van der Waals surface area contributed by atoms with E-state index in [1.807, 2.05) is 0 Å². The second-order valence-corrected chi connectivity index (χ2v) is 6.94. The minimum absolute atomic E-state index is 0.00927. The van der Waals surface area contributed by atoms with Gasteiger partial charge in [-0.3, -0.25) is 4.79 Å². The first-order chi connectivity index (χ1) is 9.63. The molecule has 1 amide bonds. The molecule has 1 aromatic rings. The lowest BCUT2D eigenvalue weighted by Gasteiger charge is -2.35. The van der Waals surface area contributed by atoms with Crippen LogP contribution in [0.5, 0.6) is 0 Å². The Balaban J connectivity index is 1.64. The monoisotopic (exact) mass is 356 g/mol. The zero-order valence-electron chi connectivity index (χ0n) is 11.2. The molecule has 2 aliphatic rings. The first kappa shape index (κ1) is 14.4. The zero-order valence-corrected chi connectivity index (χ0v) is 13.6. The van der Waals surface area contributed by atoms with Crippen molar-refractivity contribution in [3.05, 3.63) is 33.3 Å². The third kappa shape index (κ3) is 3.02. The van der Waals surface area contributed by atoms with E-state index < -0.39 is 0 Å². The molecule has 2 saturated heterocycles. The summed E-state index contributed by atoms with van der Waals surface area (Å²) in [5.41, 5.74) is 0.656. The van der Waals surface area contributed by atoms with Gasteiger partial charge in [0.2, 0.25) is 0 Å². The molecule has 1 N–H and O–H groups in total. The van der Waals surface area contributed by atoms with Crippen LogP contribution in [-0.4, -0.2) is 36.0 Å². The minimum atomic E-state index is -0.00927. The summed E-state index contributed by atoms with van der Waals surface area (Å²) >= 11 is 9.31. The number of rotatable bonds is 2. The van der Waals surface area contributed by atoms with Crippen LogP contribution in [0.25, 0.3) is 0 Å². The van der Waals surface area contributed by atoms with E-state index in [0.29, 0.717) is 22.7 Å². The number of fused-ring (bicyclic) bond motifs is 1. The average molecular weight is 358 g/mol. The second-order valence-electron chi connectivity index (χ2n) is 5.65. The maximum Gasteiger partial charge on any atom is 0.252 e. The molecule has 0 aliphatic carbocycles. The van der Waals surface area contributed by atoms with Crippen molar-refractivity contribution in [2.75, 3.05) is 13.1 Å². The van der Waals surface area contributed by atoms with Crippen LogP contribution in [0.3, 0.4) is 0 Å². The number of amides is 1. The number of hydrogen-bond donors (Lipinski definition) is 1. The highest BCUT2D eigenvalue weighted by atomic mass is 79.9. The van der Waals surface area contributed by atoms with Gasteiger partial charge in [-0.05, 0) is 66.4 Å². The Morgan fingerprint density at radius 2 is 2.20 bits per heavy atom. The van der Waals surface area contributed by atoms with Crippen molar-refractivity contribution in [3.8, 4) is 0 Å². The smallest absolute Gasteiger partial charge is 0.252 e. The average Bonchev–Trinajstić information content (AvgIpc) is 2.85. The lowest BCUT2D eigenvalue weighted by atomic mass is 9.97. The number of hydrogen-bond acceptors (Lipinski definition) is 2. The van der Waals surface area contributed by atoms with Gasteiger partial charge in [-0.25, -0.2) is 0 Å². The van der Waals surface area contributed by atoms with Crippen molar-refractivity contribution >= 4 is 33.4 Å². The molecule has 3 rings (SSSR count). The highest BCUT2D eigenvalue weighted by molar-refractivity contribution is 9.10. The first-order valence-corrected chi connectivity index (χ1v) is 8.30. The highest BCUT2D eigenvalue weighted by Gasteiger charge is 2.32. The van der Waals surface area contributed by atoms with E-state index in [-0.39, 0.29) is 5.91 Å². The Morgan fingerprint density at radius 1 is 1.35 bits per heavy atom. The van der Waals surface area contributed by atoms with Gasteiger partial charge in [0.1, 0.15) is 0 Å². The van der Waals surface area contributed by atoms with E-state index >= 15 is 0 Å². The standard InChI is InChI=1S/C15H18BrClN2O/c16-14-8-10(17)3-4-13(14)15(20)18-11-5-7-19-6-1-2-12(19)9-11/h3-4,8,11-12H,1-2,5-7,9H2,(H,18,20). The molecule has 5 heteroatoms. The lowest BCUT2D eigenvalue weighted by molar-refractivity contribution is 0.0895. The molecule has 2 atom stereocenters. The van der Waals surface area contributed by atoms with Crippen molar-refractivity contribution in [2.45, 2.75) is 37.8 Å². The summed E-state index contributed by atoms with van der Waals surface area (Å²) in [7, 11) is 0. The molecule has 0 spiro atoms. The fourth-order valence-corrected chi connectivity index (χ4v) is 4.15. The van der Waals surface area contributed by atoms with E-state index in [2.05, 4.69) is 26.1 Å². The van der Waals surface area contributed by atoms with E-state index in [0.717, 1.165) is 23.9 Å². The SMILES string of the molecule is O=C(NC1CCN2CCCC2C1)c1ccc(Cl)cc1Br. The summed E-state index contributed by atoms with van der Waals surface area (Å²) in [6, 6.07) is 6.25. The van der Waals surface area contributed by atoms with Crippen molar-refractivity contribution in [2.24, 2.45) is 0 Å². The molecule has 0 bridgehead atoms. The topological polar surface area (TPSA) is 32.3 Å². The van der Waals surface area contributed by atoms with Gasteiger partial charge in [-0.15, -0.1) is 0 Å². The van der Waals surface area contributed by atoms with Crippen LogP contribution in [0, 0.1) is 0 Å². The maximum atomic E-state index is 12.3. The minimum Gasteiger partial charge on any atom is -0.349 e. The van der Waals surface area contributed by atoms with E-state index in [9.17, 15) is 4.79 Å². The quantitative estimate of drug-likeness (QED) is 0.879. The number of carbonyl (C=O) groups is 1. The van der Waals surface area contributed by atoms with Crippen LogP contribution < -0.4 is 5.32 Å². The number of nitrogens with zero attached hydrogens (tertiary/aromatic N) is 1. The summed E-state index contributed by atoms with van der Waals surface area (Å²) in [5, 5.41) is 3.80. The van der Waals surface area contributed by atoms with Gasteiger partial charge >= 0.3 is 0 Å². The van der Waals surface area contributed by atoms with E-state index in [4.69, 9.17) is 11.6 Å². The Labute approximate surface area is 132 Å². The van der Waals surface area contributed by atoms with Crippen LogP contribution in [0.15, 0.2) is 22.7 Å². The number of nitrogens with one attached hydrogen (secondary N) is 1. The van der Waals surface area contributed by atoms with Crippen molar-refractivity contribution in [3.63, 3.8) is 0 Å². The molecule has 20 heavy (non-hydrogen) atoms. The van der Waals surface area contributed by atoms with Crippen LogP contribution in [0.2, 0.25) is 5.02 Å². The molecule has 2 aliphatic heterocycles. The Morgan fingerprint density at radius 3 is 3.00 bits per heavy atom. The summed E-state index contributed by atoms with van der Waals surface area (Å²) < 4.78 is 0.751. The van der Waals surface area contributed by atoms with Gasteiger partial charge in [0.05, 0.1) is 5.56 Å². The number of benzene rings is 1. The van der Waals surface area contributed by atoms with Gasteiger partial charge in [-0.1, -0.05) is 11.6 Å². The molecular formula is C15H18BrClN2O. The molecule has 2 unspecified atom stereocenters. The summed E-state index contributed by atoms with van der Waals surface area (Å²) in [5.74, 6) is -0.00927. The number of piperidine rings is 1. The molecule has 0 saturated carbocycles. The van der Waals surface area contributed by atoms with E-state index in [1.165, 1.54) is 19.4 Å². The third-order valence-corrected chi connectivity index (χ3v) is 5.22. The first-order valence-electron chi connectivity index (χ1n) is 7.13. The number of halogens is 2. The molecule has 3 nitrogen and oxygen atoms in total. The summed E-state index contributed by atoms with van der Waals surface area (Å²) in [4.78, 5) is 14.9. The predicted molar refractivity (Wildman–Crippen MR) is 84.2 cm³/mol.